The van der Waals surface area contributed by atoms with Crippen molar-refractivity contribution in [1.29, 1.82) is 0 Å². The van der Waals surface area contributed by atoms with E-state index in [9.17, 15) is 20.4 Å². The lowest BCUT2D eigenvalue weighted by Crippen LogP contribution is -2.39. The highest BCUT2D eigenvalue weighted by atomic mass is 16.5. The molecular formula is C29H48O5. The Morgan fingerprint density at radius 2 is 2.00 bits per heavy atom. The molecule has 34 heavy (non-hydrogen) atoms. The summed E-state index contributed by atoms with van der Waals surface area (Å²) in [4.78, 5) is 0. The second-order valence-electron chi connectivity index (χ2n) is 11.4. The molecule has 1 unspecified atom stereocenters. The van der Waals surface area contributed by atoms with Crippen LogP contribution in [0, 0.1) is 17.3 Å². The molecule has 0 aromatic heterocycles. The van der Waals surface area contributed by atoms with Crippen LogP contribution in [-0.2, 0) is 4.74 Å². The molecule has 0 radical (unpaired) electrons. The van der Waals surface area contributed by atoms with Crippen LogP contribution in [0.3, 0.4) is 0 Å². The Morgan fingerprint density at radius 1 is 1.24 bits per heavy atom. The molecular weight excluding hydrogens is 428 g/mol. The Hall–Kier alpha value is -0.980. The number of hydrogen-bond donors (Lipinski definition) is 4. The maximum atomic E-state index is 10.6. The van der Waals surface area contributed by atoms with Gasteiger partial charge in [-0.3, -0.25) is 0 Å². The molecule has 0 aromatic carbocycles. The fraction of sp³-hybridized carbons (Fsp3) is 0.793. The van der Waals surface area contributed by atoms with Crippen LogP contribution in [0.25, 0.3) is 0 Å². The fourth-order valence-corrected chi connectivity index (χ4v) is 6.99. The minimum Gasteiger partial charge on any atom is -0.396 e. The average Bonchev–Trinajstić information content (AvgIpc) is 3.16. The summed E-state index contributed by atoms with van der Waals surface area (Å²) in [6.07, 6.45) is 12.8. The zero-order valence-electron chi connectivity index (χ0n) is 21.6. The van der Waals surface area contributed by atoms with Gasteiger partial charge in [0.05, 0.1) is 23.9 Å². The van der Waals surface area contributed by atoms with Gasteiger partial charge in [-0.15, -0.1) is 0 Å². The average molecular weight is 477 g/mol. The van der Waals surface area contributed by atoms with Gasteiger partial charge in [0, 0.05) is 19.6 Å². The van der Waals surface area contributed by atoms with E-state index >= 15 is 0 Å². The minimum absolute atomic E-state index is 0.0191. The first-order valence-corrected chi connectivity index (χ1v) is 13.5. The number of allylic oxidation sites excluding steroid dienone is 3. The highest BCUT2D eigenvalue weighted by Gasteiger charge is 2.51. The molecule has 0 aromatic rings. The number of ether oxygens (including phenoxy) is 1. The van der Waals surface area contributed by atoms with Crippen molar-refractivity contribution in [2.24, 2.45) is 17.3 Å². The molecule has 0 amide bonds. The van der Waals surface area contributed by atoms with Crippen molar-refractivity contribution in [2.75, 3.05) is 13.2 Å². The van der Waals surface area contributed by atoms with Crippen LogP contribution >= 0.6 is 0 Å². The molecule has 3 aliphatic carbocycles. The summed E-state index contributed by atoms with van der Waals surface area (Å²) in [5.41, 5.74) is 2.67. The number of aliphatic hydroxyl groups excluding tert-OH is 3. The van der Waals surface area contributed by atoms with E-state index in [0.717, 1.165) is 24.0 Å². The molecule has 3 saturated carbocycles. The Bertz CT molecular complexity index is 758. The van der Waals surface area contributed by atoms with Crippen molar-refractivity contribution in [3.8, 4) is 0 Å². The molecule has 4 N–H and O–H groups in total. The number of rotatable bonds is 10. The normalized spacial score (nSPS) is 37.1. The quantitative estimate of drug-likeness (QED) is 0.339. The molecule has 3 aliphatic rings. The van der Waals surface area contributed by atoms with Crippen LogP contribution in [0.4, 0.5) is 0 Å². The Balaban J connectivity index is 1.61. The molecule has 3 fully saturated rings. The van der Waals surface area contributed by atoms with Gasteiger partial charge in [-0.2, -0.15) is 0 Å². The van der Waals surface area contributed by atoms with Crippen LogP contribution < -0.4 is 0 Å². The molecule has 0 bridgehead atoms. The van der Waals surface area contributed by atoms with Gasteiger partial charge in [0.15, 0.2) is 0 Å². The third-order valence-electron chi connectivity index (χ3n) is 9.27. The maximum Gasteiger partial charge on any atom is 0.0811 e. The molecule has 3 rings (SSSR count). The summed E-state index contributed by atoms with van der Waals surface area (Å²) in [6.45, 7) is 11.3. The van der Waals surface area contributed by atoms with E-state index in [1.807, 2.05) is 6.92 Å². The van der Waals surface area contributed by atoms with Gasteiger partial charge in [-0.05, 0) is 99.5 Å². The largest absolute Gasteiger partial charge is 0.396 e. The Kier molecular flexibility index (Phi) is 9.61. The van der Waals surface area contributed by atoms with Gasteiger partial charge in [0.2, 0.25) is 0 Å². The van der Waals surface area contributed by atoms with E-state index in [-0.39, 0.29) is 18.1 Å². The first-order valence-electron chi connectivity index (χ1n) is 13.5. The minimum atomic E-state index is -0.779. The van der Waals surface area contributed by atoms with E-state index in [0.29, 0.717) is 50.5 Å². The summed E-state index contributed by atoms with van der Waals surface area (Å²) in [5, 5.41) is 40.0. The van der Waals surface area contributed by atoms with Crippen LogP contribution in [-0.4, -0.2) is 57.6 Å². The first-order chi connectivity index (χ1) is 16.1. The zero-order valence-corrected chi connectivity index (χ0v) is 21.6. The Morgan fingerprint density at radius 3 is 2.71 bits per heavy atom. The van der Waals surface area contributed by atoms with Crippen LogP contribution in [0.1, 0.15) is 91.4 Å². The topological polar surface area (TPSA) is 90.2 Å². The number of aliphatic hydroxyl groups is 4. The molecule has 5 heteroatoms. The number of fused-ring (bicyclic) bond motifs is 1. The predicted octanol–water partition coefficient (Wildman–Crippen LogP) is 4.84. The molecule has 0 aliphatic heterocycles. The maximum absolute atomic E-state index is 10.6. The van der Waals surface area contributed by atoms with Crippen molar-refractivity contribution in [3.63, 3.8) is 0 Å². The van der Waals surface area contributed by atoms with E-state index in [4.69, 9.17) is 4.74 Å². The second kappa shape index (κ2) is 11.8. The lowest BCUT2D eigenvalue weighted by Gasteiger charge is -2.44. The summed E-state index contributed by atoms with van der Waals surface area (Å²) in [5.74, 6) is 1.07. The lowest BCUT2D eigenvalue weighted by molar-refractivity contribution is -0.0398. The monoisotopic (exact) mass is 476 g/mol. The van der Waals surface area contributed by atoms with E-state index in [1.54, 1.807) is 0 Å². The molecule has 0 heterocycles. The van der Waals surface area contributed by atoms with Gasteiger partial charge in [-0.1, -0.05) is 38.2 Å². The standard InChI is InChI=1S/C29H48O5/c1-5-29(33,15-16-30)14-7-17-34-21(3)25-11-12-26-22(8-6-13-28(25,26)4)9-10-23-18-24(31)19-27(32)20(23)2/h9-10,21,24-27,30-33H,2,5-8,11-19H2,1,3-4H3/b22-9+,23-10-/t21-,24+,25+,26-,27-,28+,29?/m0/s1. The van der Waals surface area contributed by atoms with Gasteiger partial charge in [-0.25, -0.2) is 0 Å². The van der Waals surface area contributed by atoms with Crippen LogP contribution in [0.5, 0.6) is 0 Å². The SMILES string of the molecule is C=C1/C(=C\C=C2/CCC[C@]3(C)[C@@H]([C@H](C)OCCCC(O)(CC)CCO)CC[C@@H]23)C[C@@H](O)C[C@@H]1O. The second-order valence-corrected chi connectivity index (χ2v) is 11.4. The van der Waals surface area contributed by atoms with E-state index < -0.39 is 17.8 Å². The molecule has 5 nitrogen and oxygen atoms in total. The third-order valence-corrected chi connectivity index (χ3v) is 9.27. The molecule has 0 spiro atoms. The van der Waals surface area contributed by atoms with Gasteiger partial charge in [0.25, 0.3) is 0 Å². The summed E-state index contributed by atoms with van der Waals surface area (Å²) in [6, 6.07) is 0. The summed E-state index contributed by atoms with van der Waals surface area (Å²) >= 11 is 0. The van der Waals surface area contributed by atoms with Crippen molar-refractivity contribution >= 4 is 0 Å². The fourth-order valence-electron chi connectivity index (χ4n) is 6.99. The van der Waals surface area contributed by atoms with E-state index in [2.05, 4.69) is 32.6 Å². The van der Waals surface area contributed by atoms with Gasteiger partial charge in [0.1, 0.15) is 0 Å². The molecule has 7 atom stereocenters. The van der Waals surface area contributed by atoms with Crippen LogP contribution in [0.15, 0.2) is 35.5 Å². The van der Waals surface area contributed by atoms with Crippen LogP contribution in [0.2, 0.25) is 0 Å². The summed E-state index contributed by atoms with van der Waals surface area (Å²) in [7, 11) is 0. The number of hydrogen-bond acceptors (Lipinski definition) is 5. The van der Waals surface area contributed by atoms with Crippen molar-refractivity contribution in [3.05, 3.63) is 35.5 Å². The lowest BCUT2D eigenvalue weighted by atomic mass is 9.62. The molecule has 194 valence electrons. The van der Waals surface area contributed by atoms with Crippen molar-refractivity contribution < 1.29 is 25.2 Å². The zero-order chi connectivity index (χ0) is 24.9. The van der Waals surface area contributed by atoms with Gasteiger partial charge < -0.3 is 25.2 Å². The summed E-state index contributed by atoms with van der Waals surface area (Å²) < 4.78 is 6.31. The van der Waals surface area contributed by atoms with Crippen molar-refractivity contribution in [2.45, 2.75) is 115 Å². The highest BCUT2D eigenvalue weighted by molar-refractivity contribution is 5.38. The predicted molar refractivity (Wildman–Crippen MR) is 136 cm³/mol. The van der Waals surface area contributed by atoms with Crippen molar-refractivity contribution in [1.82, 2.24) is 0 Å². The van der Waals surface area contributed by atoms with E-state index in [1.165, 1.54) is 31.3 Å². The smallest absolute Gasteiger partial charge is 0.0811 e. The third kappa shape index (κ3) is 6.22. The first kappa shape index (κ1) is 27.6. The Labute approximate surface area is 206 Å². The highest BCUT2D eigenvalue weighted by Crippen LogP contribution is 2.58. The molecule has 0 saturated heterocycles. The van der Waals surface area contributed by atoms with Gasteiger partial charge >= 0.3 is 0 Å².